The van der Waals surface area contributed by atoms with Gasteiger partial charge in [0.05, 0.1) is 17.9 Å². The monoisotopic (exact) mass is 433 g/mol. The molecule has 3 aromatic rings. The van der Waals surface area contributed by atoms with Crippen molar-refractivity contribution in [2.24, 2.45) is 0 Å². The van der Waals surface area contributed by atoms with Gasteiger partial charge in [0, 0.05) is 29.9 Å². The van der Waals surface area contributed by atoms with Crippen molar-refractivity contribution in [3.8, 4) is 5.75 Å². The Morgan fingerprint density at radius 3 is 2.57 bits per heavy atom. The van der Waals surface area contributed by atoms with Gasteiger partial charge in [0.15, 0.2) is 0 Å². The highest BCUT2D eigenvalue weighted by atomic mass is 35.5. The van der Waals surface area contributed by atoms with Gasteiger partial charge in [-0.05, 0) is 26.0 Å². The van der Waals surface area contributed by atoms with Crippen LogP contribution in [0.25, 0.3) is 0 Å². The van der Waals surface area contributed by atoms with Gasteiger partial charge < -0.3 is 15.0 Å². The molecule has 0 aliphatic carbocycles. The fraction of sp³-hybridized carbons (Fsp3) is 0.190. The van der Waals surface area contributed by atoms with E-state index >= 15 is 0 Å². The van der Waals surface area contributed by atoms with Crippen molar-refractivity contribution < 1.29 is 18.9 Å². The molecule has 30 heavy (non-hydrogen) atoms. The average molecular weight is 434 g/mol. The predicted molar refractivity (Wildman–Crippen MR) is 111 cm³/mol. The summed E-state index contributed by atoms with van der Waals surface area (Å²) in [6, 6.07) is 9.17. The lowest BCUT2D eigenvalue weighted by Crippen LogP contribution is -2.43. The zero-order valence-corrected chi connectivity index (χ0v) is 17.1. The average Bonchev–Trinajstić information content (AvgIpc) is 2.71. The Balaban J connectivity index is 1.88. The van der Waals surface area contributed by atoms with Gasteiger partial charge in [-0.3, -0.25) is 10.2 Å². The molecule has 0 bridgehead atoms. The number of halogens is 3. The Kier molecular flexibility index (Phi) is 6.47. The van der Waals surface area contributed by atoms with Gasteiger partial charge in [-0.15, -0.1) is 0 Å². The third-order valence-electron chi connectivity index (χ3n) is 4.38. The minimum Gasteiger partial charge on any atom is -0.494 e. The molecule has 4 N–H and O–H groups in total. The number of aromatic nitrogens is 2. The number of para-hydroxylation sites is 1. The van der Waals surface area contributed by atoms with Crippen LogP contribution < -0.4 is 21.0 Å². The molecule has 0 unspecified atom stereocenters. The molecule has 0 aliphatic rings. The molecule has 0 spiro atoms. The number of nitrogens with one attached hydrogen (secondary N) is 2. The lowest BCUT2D eigenvalue weighted by atomic mass is 10.1. The number of aromatic amines is 1. The lowest BCUT2D eigenvalue weighted by Gasteiger charge is -2.13. The first kappa shape index (κ1) is 21.4. The van der Waals surface area contributed by atoms with E-state index in [0.717, 1.165) is 12.1 Å². The molecule has 0 saturated heterocycles. The van der Waals surface area contributed by atoms with Crippen LogP contribution >= 0.6 is 11.6 Å². The number of aryl methyl sites for hydroxylation is 1. The van der Waals surface area contributed by atoms with E-state index in [2.05, 4.69) is 15.3 Å². The van der Waals surface area contributed by atoms with Crippen molar-refractivity contribution in [2.75, 3.05) is 11.9 Å². The standard InChI is InChI=1S/C21H19ClF2N4O2/c1-3-30-12-8-15(23)14(16(24)9-12)10-26-17-7-5-4-6-13(17)19(25)20-27-11(2)18(22)21(29)28-20/h4-9,25-26H,3,10H2,1-2H3,(H,27,28,29)/p+1. The van der Waals surface area contributed by atoms with Crippen molar-refractivity contribution in [2.45, 2.75) is 20.4 Å². The van der Waals surface area contributed by atoms with E-state index in [0.29, 0.717) is 23.6 Å². The maximum Gasteiger partial charge on any atom is 0.270 e. The normalized spacial score (nSPS) is 10.7. The zero-order chi connectivity index (χ0) is 21.8. The molecule has 6 nitrogen and oxygen atoms in total. The molecule has 0 fully saturated rings. The molecule has 0 amide bonds. The summed E-state index contributed by atoms with van der Waals surface area (Å²) in [7, 11) is 0. The molecular weight excluding hydrogens is 414 g/mol. The summed E-state index contributed by atoms with van der Waals surface area (Å²) in [5.74, 6) is -1.17. The summed E-state index contributed by atoms with van der Waals surface area (Å²) in [4.78, 5) is 18.7. The van der Waals surface area contributed by atoms with Crippen molar-refractivity contribution in [1.29, 1.82) is 0 Å². The number of hydrogen-bond acceptors (Lipinski definition) is 4. The van der Waals surface area contributed by atoms with Crippen LogP contribution in [-0.4, -0.2) is 22.3 Å². The van der Waals surface area contributed by atoms with E-state index < -0.39 is 17.2 Å². The minimum absolute atomic E-state index is 0.0144. The van der Waals surface area contributed by atoms with E-state index in [9.17, 15) is 13.6 Å². The fourth-order valence-corrected chi connectivity index (χ4v) is 2.97. The largest absolute Gasteiger partial charge is 0.494 e. The van der Waals surface area contributed by atoms with Gasteiger partial charge in [-0.1, -0.05) is 23.7 Å². The Morgan fingerprint density at radius 1 is 1.27 bits per heavy atom. The van der Waals surface area contributed by atoms with E-state index in [4.69, 9.17) is 21.7 Å². The van der Waals surface area contributed by atoms with Crippen LogP contribution in [-0.2, 0) is 6.54 Å². The van der Waals surface area contributed by atoms with Crippen molar-refractivity contribution in [1.82, 2.24) is 9.97 Å². The highest BCUT2D eigenvalue weighted by Crippen LogP contribution is 2.23. The van der Waals surface area contributed by atoms with Crippen molar-refractivity contribution >= 4 is 23.0 Å². The molecule has 1 heterocycles. The number of ether oxygens (including phenoxy) is 1. The van der Waals surface area contributed by atoms with Crippen LogP contribution in [0.5, 0.6) is 5.75 Å². The number of H-pyrrole nitrogens is 1. The van der Waals surface area contributed by atoms with Gasteiger partial charge in [-0.25, -0.2) is 13.8 Å². The lowest BCUT2D eigenvalue weighted by molar-refractivity contribution is -0.112. The molecule has 0 aliphatic heterocycles. The maximum absolute atomic E-state index is 14.3. The first-order valence-corrected chi connectivity index (χ1v) is 9.52. The number of benzene rings is 2. The van der Waals surface area contributed by atoms with E-state index in [-0.39, 0.29) is 34.4 Å². The van der Waals surface area contributed by atoms with Gasteiger partial charge in [-0.2, -0.15) is 0 Å². The Labute approximate surface area is 176 Å². The van der Waals surface area contributed by atoms with E-state index in [1.807, 2.05) is 0 Å². The summed E-state index contributed by atoms with van der Waals surface area (Å²) >= 11 is 5.86. The second-order valence-corrected chi connectivity index (χ2v) is 6.80. The third kappa shape index (κ3) is 4.49. The van der Waals surface area contributed by atoms with Crippen molar-refractivity contribution in [3.05, 3.63) is 86.1 Å². The smallest absolute Gasteiger partial charge is 0.270 e. The molecule has 0 saturated carbocycles. The highest BCUT2D eigenvalue weighted by molar-refractivity contribution is 6.31. The summed E-state index contributed by atoms with van der Waals surface area (Å²) in [6.07, 6.45) is 0. The third-order valence-corrected chi connectivity index (χ3v) is 4.83. The van der Waals surface area contributed by atoms with E-state index in [1.54, 1.807) is 38.1 Å². The summed E-state index contributed by atoms with van der Waals surface area (Å²) in [5.41, 5.74) is 0.892. The number of hydrogen-bond donors (Lipinski definition) is 3. The second-order valence-electron chi connectivity index (χ2n) is 6.43. The molecule has 0 radical (unpaired) electrons. The Bertz CT molecular complexity index is 1140. The van der Waals surface area contributed by atoms with Crippen LogP contribution in [0.2, 0.25) is 5.02 Å². The first-order chi connectivity index (χ1) is 14.3. The highest BCUT2D eigenvalue weighted by Gasteiger charge is 2.20. The van der Waals surface area contributed by atoms with Crippen LogP contribution in [0.15, 0.2) is 41.2 Å². The SMILES string of the molecule is CCOc1cc(F)c(CNc2ccccc2C(=[NH2+])c2nc(C)c(Cl)c(=O)[nH]2)c(F)c1. The topological polar surface area (TPSA) is 92.6 Å². The van der Waals surface area contributed by atoms with Gasteiger partial charge in [0.1, 0.15) is 22.4 Å². The predicted octanol–water partition coefficient (Wildman–Crippen LogP) is 2.62. The molecule has 2 aromatic carbocycles. The van der Waals surface area contributed by atoms with Crippen LogP contribution in [0.4, 0.5) is 14.5 Å². The Morgan fingerprint density at radius 2 is 1.93 bits per heavy atom. The van der Waals surface area contributed by atoms with Gasteiger partial charge >= 0.3 is 0 Å². The summed E-state index contributed by atoms with van der Waals surface area (Å²) in [6.45, 7) is 3.50. The molecule has 3 rings (SSSR count). The number of anilines is 1. The van der Waals surface area contributed by atoms with Crippen LogP contribution in [0, 0.1) is 18.6 Å². The maximum atomic E-state index is 14.3. The van der Waals surface area contributed by atoms with Gasteiger partial charge in [0.25, 0.3) is 5.56 Å². The molecule has 1 aromatic heterocycles. The number of nitrogens with two attached hydrogens (primary N) is 1. The minimum atomic E-state index is -0.722. The van der Waals surface area contributed by atoms with E-state index in [1.165, 1.54) is 0 Å². The molecule has 9 heteroatoms. The Hall–Kier alpha value is -3.26. The quantitative estimate of drug-likeness (QED) is 0.499. The molecule has 0 atom stereocenters. The fourth-order valence-electron chi connectivity index (χ4n) is 2.88. The zero-order valence-electron chi connectivity index (χ0n) is 16.4. The second kappa shape index (κ2) is 9.04. The summed E-state index contributed by atoms with van der Waals surface area (Å²) < 4.78 is 33.8. The van der Waals surface area contributed by atoms with Crippen LogP contribution in [0.1, 0.15) is 29.6 Å². The summed E-state index contributed by atoms with van der Waals surface area (Å²) in [5, 5.41) is 9.20. The van der Waals surface area contributed by atoms with Crippen LogP contribution in [0.3, 0.4) is 0 Å². The first-order valence-electron chi connectivity index (χ1n) is 9.15. The van der Waals surface area contributed by atoms with Gasteiger partial charge in [0.2, 0.25) is 11.5 Å². The number of nitrogens with zero attached hydrogens (tertiary/aromatic N) is 1. The number of rotatable bonds is 7. The molecule has 156 valence electrons. The molecular formula is C21H20ClF2N4O2+. The van der Waals surface area contributed by atoms with Crippen molar-refractivity contribution in [3.63, 3.8) is 0 Å².